The van der Waals surface area contributed by atoms with Crippen LogP contribution in [-0.4, -0.2) is 30.2 Å². The van der Waals surface area contributed by atoms with Gasteiger partial charge in [0.1, 0.15) is 11.6 Å². The smallest absolute Gasteiger partial charge is 0.224 e. The van der Waals surface area contributed by atoms with E-state index in [1.165, 1.54) is 31.2 Å². The monoisotopic (exact) mass is 366 g/mol. The molecule has 0 spiro atoms. The summed E-state index contributed by atoms with van der Waals surface area (Å²) in [7, 11) is 1.69. The molecule has 0 saturated carbocycles. The van der Waals surface area contributed by atoms with E-state index in [1.54, 1.807) is 12.7 Å². The molecule has 0 radical (unpaired) electrons. The zero-order valence-corrected chi connectivity index (χ0v) is 16.4. The Kier molecular flexibility index (Phi) is 7.08. The van der Waals surface area contributed by atoms with E-state index in [1.807, 2.05) is 25.1 Å². The molecule has 0 bridgehead atoms. The number of hydrogen-bond donors (Lipinski definition) is 2. The molecule has 1 aliphatic rings. The number of aryl methyl sites for hydroxylation is 1. The average Bonchev–Trinajstić information content (AvgIpc) is 2.69. The normalized spacial score (nSPS) is 13.8. The molecule has 27 heavy (non-hydrogen) atoms. The lowest BCUT2D eigenvalue weighted by molar-refractivity contribution is 0.414. The Morgan fingerprint density at radius 2 is 1.93 bits per heavy atom. The SMILES string of the molecule is COc1cccc(CCNc2cc(C)nc(NCCC3=CCCCC3)n2)c1. The number of ether oxygens (including phenoxy) is 1. The van der Waals surface area contributed by atoms with Crippen LogP contribution in [-0.2, 0) is 6.42 Å². The first-order chi connectivity index (χ1) is 13.2. The fourth-order valence-corrected chi connectivity index (χ4v) is 3.37. The highest BCUT2D eigenvalue weighted by atomic mass is 16.5. The number of anilines is 2. The lowest BCUT2D eigenvalue weighted by Gasteiger charge is -2.13. The third-order valence-electron chi connectivity index (χ3n) is 4.82. The Morgan fingerprint density at radius 1 is 1.04 bits per heavy atom. The summed E-state index contributed by atoms with van der Waals surface area (Å²) < 4.78 is 5.28. The van der Waals surface area contributed by atoms with E-state index in [9.17, 15) is 0 Å². The Bertz CT molecular complexity index is 773. The van der Waals surface area contributed by atoms with Crippen LogP contribution in [0.4, 0.5) is 11.8 Å². The van der Waals surface area contributed by atoms with Gasteiger partial charge in [0, 0.05) is 24.8 Å². The number of nitrogens with one attached hydrogen (secondary N) is 2. The highest BCUT2D eigenvalue weighted by molar-refractivity contribution is 5.42. The molecule has 5 heteroatoms. The minimum Gasteiger partial charge on any atom is -0.497 e. The van der Waals surface area contributed by atoms with Crippen molar-refractivity contribution in [3.05, 3.63) is 53.2 Å². The highest BCUT2D eigenvalue weighted by Gasteiger charge is 2.05. The van der Waals surface area contributed by atoms with Crippen molar-refractivity contribution in [2.75, 3.05) is 30.8 Å². The molecule has 5 nitrogen and oxygen atoms in total. The van der Waals surface area contributed by atoms with Crippen molar-refractivity contribution in [2.45, 2.75) is 45.4 Å². The minimum absolute atomic E-state index is 0.704. The first-order valence-electron chi connectivity index (χ1n) is 9.87. The molecule has 3 rings (SSSR count). The first kappa shape index (κ1) is 19.2. The van der Waals surface area contributed by atoms with Gasteiger partial charge in [0.05, 0.1) is 7.11 Å². The molecule has 144 valence electrons. The van der Waals surface area contributed by atoms with Gasteiger partial charge >= 0.3 is 0 Å². The van der Waals surface area contributed by atoms with Crippen molar-refractivity contribution in [1.82, 2.24) is 9.97 Å². The summed E-state index contributed by atoms with van der Waals surface area (Å²) >= 11 is 0. The van der Waals surface area contributed by atoms with Gasteiger partial charge in [-0.1, -0.05) is 23.8 Å². The van der Waals surface area contributed by atoms with E-state index >= 15 is 0 Å². The van der Waals surface area contributed by atoms with Crippen LogP contribution in [0.25, 0.3) is 0 Å². The average molecular weight is 367 g/mol. The largest absolute Gasteiger partial charge is 0.497 e. The number of nitrogens with zero attached hydrogens (tertiary/aromatic N) is 2. The quantitative estimate of drug-likeness (QED) is 0.627. The van der Waals surface area contributed by atoms with Crippen LogP contribution in [0.5, 0.6) is 5.75 Å². The summed E-state index contributed by atoms with van der Waals surface area (Å²) in [5.74, 6) is 2.46. The van der Waals surface area contributed by atoms with Crippen LogP contribution in [0.1, 0.15) is 43.4 Å². The molecule has 0 atom stereocenters. The molecule has 0 aliphatic heterocycles. The summed E-state index contributed by atoms with van der Waals surface area (Å²) in [6.45, 7) is 3.71. The number of benzene rings is 1. The molecule has 1 aromatic heterocycles. The van der Waals surface area contributed by atoms with E-state index < -0.39 is 0 Å². The Balaban J connectivity index is 1.49. The lowest BCUT2D eigenvalue weighted by Crippen LogP contribution is -2.11. The molecule has 1 aromatic carbocycles. The van der Waals surface area contributed by atoms with Gasteiger partial charge in [0.2, 0.25) is 5.95 Å². The topological polar surface area (TPSA) is 59.1 Å². The van der Waals surface area contributed by atoms with Gasteiger partial charge in [0.25, 0.3) is 0 Å². The number of allylic oxidation sites excluding steroid dienone is 1. The maximum Gasteiger partial charge on any atom is 0.224 e. The third-order valence-corrected chi connectivity index (χ3v) is 4.82. The number of methoxy groups -OCH3 is 1. The van der Waals surface area contributed by atoms with E-state index in [2.05, 4.69) is 38.8 Å². The summed E-state index contributed by atoms with van der Waals surface area (Å²) in [6, 6.07) is 10.2. The van der Waals surface area contributed by atoms with Gasteiger partial charge in [0.15, 0.2) is 0 Å². The van der Waals surface area contributed by atoms with Crippen molar-refractivity contribution in [3.8, 4) is 5.75 Å². The summed E-state index contributed by atoms with van der Waals surface area (Å²) in [6.07, 6.45) is 9.53. The fraction of sp³-hybridized carbons (Fsp3) is 0.455. The number of hydrogen-bond acceptors (Lipinski definition) is 5. The van der Waals surface area contributed by atoms with Crippen LogP contribution >= 0.6 is 0 Å². The zero-order chi connectivity index (χ0) is 18.9. The number of aromatic nitrogens is 2. The molecular weight excluding hydrogens is 336 g/mol. The van der Waals surface area contributed by atoms with Crippen LogP contribution in [0.3, 0.4) is 0 Å². The second-order valence-corrected chi connectivity index (χ2v) is 7.03. The van der Waals surface area contributed by atoms with Crippen molar-refractivity contribution >= 4 is 11.8 Å². The molecule has 1 heterocycles. The molecular formula is C22H30N4O. The molecule has 0 saturated heterocycles. The Morgan fingerprint density at radius 3 is 2.74 bits per heavy atom. The fourth-order valence-electron chi connectivity index (χ4n) is 3.37. The van der Waals surface area contributed by atoms with E-state index in [0.717, 1.165) is 43.2 Å². The van der Waals surface area contributed by atoms with Crippen molar-refractivity contribution < 1.29 is 4.74 Å². The standard InChI is InChI=1S/C22H30N4O/c1-17-15-21(23-13-12-19-9-6-10-20(16-19)27-2)26-22(25-17)24-14-11-18-7-4-3-5-8-18/h6-7,9-10,15-16H,3-5,8,11-14H2,1-2H3,(H2,23,24,25,26). The predicted octanol–water partition coefficient (Wildman–Crippen LogP) is 4.75. The zero-order valence-electron chi connectivity index (χ0n) is 16.4. The highest BCUT2D eigenvalue weighted by Crippen LogP contribution is 2.20. The van der Waals surface area contributed by atoms with Crippen LogP contribution in [0, 0.1) is 6.92 Å². The van der Waals surface area contributed by atoms with Crippen LogP contribution < -0.4 is 15.4 Å². The van der Waals surface area contributed by atoms with Gasteiger partial charge in [-0.15, -0.1) is 0 Å². The second kappa shape index (κ2) is 9.95. The second-order valence-electron chi connectivity index (χ2n) is 7.03. The molecule has 1 aliphatic carbocycles. The van der Waals surface area contributed by atoms with Crippen LogP contribution in [0.15, 0.2) is 42.0 Å². The van der Waals surface area contributed by atoms with E-state index in [0.29, 0.717) is 5.95 Å². The van der Waals surface area contributed by atoms with Crippen LogP contribution in [0.2, 0.25) is 0 Å². The third kappa shape index (κ3) is 6.27. The molecule has 2 N–H and O–H groups in total. The lowest BCUT2D eigenvalue weighted by atomic mass is 9.97. The summed E-state index contributed by atoms with van der Waals surface area (Å²) in [5, 5.41) is 6.79. The molecule has 0 unspecified atom stereocenters. The number of rotatable bonds is 9. The predicted molar refractivity (Wildman–Crippen MR) is 112 cm³/mol. The Hall–Kier alpha value is -2.56. The Labute approximate surface area is 162 Å². The van der Waals surface area contributed by atoms with Crippen molar-refractivity contribution in [2.24, 2.45) is 0 Å². The van der Waals surface area contributed by atoms with Gasteiger partial charge in [-0.3, -0.25) is 0 Å². The van der Waals surface area contributed by atoms with E-state index in [4.69, 9.17) is 4.74 Å². The molecule has 2 aromatic rings. The van der Waals surface area contributed by atoms with Crippen molar-refractivity contribution in [3.63, 3.8) is 0 Å². The molecule has 0 fully saturated rings. The van der Waals surface area contributed by atoms with Gasteiger partial charge in [-0.2, -0.15) is 4.98 Å². The molecule has 0 amide bonds. The summed E-state index contributed by atoms with van der Waals surface area (Å²) in [4.78, 5) is 9.11. The first-order valence-corrected chi connectivity index (χ1v) is 9.87. The van der Waals surface area contributed by atoms with Gasteiger partial charge in [-0.25, -0.2) is 4.98 Å². The van der Waals surface area contributed by atoms with Gasteiger partial charge < -0.3 is 15.4 Å². The maximum atomic E-state index is 5.28. The maximum absolute atomic E-state index is 5.28. The van der Waals surface area contributed by atoms with E-state index in [-0.39, 0.29) is 0 Å². The van der Waals surface area contributed by atoms with Gasteiger partial charge in [-0.05, 0) is 63.1 Å². The van der Waals surface area contributed by atoms with Crippen molar-refractivity contribution in [1.29, 1.82) is 0 Å². The minimum atomic E-state index is 0.704. The summed E-state index contributed by atoms with van der Waals surface area (Å²) in [5.41, 5.74) is 3.78.